The van der Waals surface area contributed by atoms with Gasteiger partial charge in [0.1, 0.15) is 0 Å². The number of thiophene rings is 1. The molecule has 0 bridgehead atoms. The molecule has 26 heavy (non-hydrogen) atoms. The number of hydrogen-bond donors (Lipinski definition) is 0. The van der Waals surface area contributed by atoms with Crippen LogP contribution in [-0.2, 0) is 4.79 Å². The smallest absolute Gasteiger partial charge is 0.254 e. The normalized spacial score (nSPS) is 14.6. The summed E-state index contributed by atoms with van der Waals surface area (Å²) in [7, 11) is 0. The van der Waals surface area contributed by atoms with Gasteiger partial charge in [0.15, 0.2) is 0 Å². The zero-order valence-electron chi connectivity index (χ0n) is 15.0. The molecular formula is C20H22N2O3S. The van der Waals surface area contributed by atoms with E-state index < -0.39 is 0 Å². The fourth-order valence-corrected chi connectivity index (χ4v) is 3.75. The lowest BCUT2D eigenvalue weighted by atomic mass is 10.0. The number of hydrogen-bond acceptors (Lipinski definition) is 4. The topological polar surface area (TPSA) is 57.7 Å². The van der Waals surface area contributed by atoms with E-state index in [1.807, 2.05) is 25.3 Å². The molecule has 2 aromatic rings. The van der Waals surface area contributed by atoms with Crippen LogP contribution in [0.1, 0.15) is 39.4 Å². The molecule has 0 atom stereocenters. The summed E-state index contributed by atoms with van der Waals surface area (Å²) in [6, 6.07) is 10.5. The van der Waals surface area contributed by atoms with E-state index in [1.165, 1.54) is 11.3 Å². The Kier molecular flexibility index (Phi) is 5.52. The first-order valence-electron chi connectivity index (χ1n) is 8.74. The first-order chi connectivity index (χ1) is 12.5. The molecule has 1 fully saturated rings. The van der Waals surface area contributed by atoms with Gasteiger partial charge in [0.2, 0.25) is 11.7 Å². The summed E-state index contributed by atoms with van der Waals surface area (Å²) in [6.45, 7) is 5.80. The van der Waals surface area contributed by atoms with Gasteiger partial charge in [-0.25, -0.2) is 0 Å². The molecule has 0 spiro atoms. The van der Waals surface area contributed by atoms with Crippen LogP contribution in [0.25, 0.3) is 0 Å². The van der Waals surface area contributed by atoms with E-state index in [-0.39, 0.29) is 23.5 Å². The highest BCUT2D eigenvalue weighted by atomic mass is 32.1. The second-order valence-corrected chi connectivity index (χ2v) is 7.57. The van der Waals surface area contributed by atoms with Gasteiger partial charge in [0.05, 0.1) is 10.4 Å². The molecule has 2 amide bonds. The van der Waals surface area contributed by atoms with E-state index in [2.05, 4.69) is 0 Å². The molecule has 5 nitrogen and oxygen atoms in total. The standard InChI is InChI=1S/C20H22N2O3S/c1-14(2)19(24)21-9-11-22(12-10-21)20(25)16-7-4-3-6-15(16)18(23)17-8-5-13-26-17/h3-8,13-14H,9-12H2,1-2H3. The third-order valence-corrected chi connectivity index (χ3v) is 5.39. The van der Waals surface area contributed by atoms with Crippen LogP contribution in [0.15, 0.2) is 41.8 Å². The minimum absolute atomic E-state index is 0.0404. The van der Waals surface area contributed by atoms with Crippen molar-refractivity contribution in [3.63, 3.8) is 0 Å². The third-order valence-electron chi connectivity index (χ3n) is 4.52. The van der Waals surface area contributed by atoms with Crippen molar-refractivity contribution in [2.45, 2.75) is 13.8 Å². The summed E-state index contributed by atoms with van der Waals surface area (Å²) >= 11 is 1.37. The van der Waals surface area contributed by atoms with Gasteiger partial charge in [-0.1, -0.05) is 38.1 Å². The van der Waals surface area contributed by atoms with Gasteiger partial charge in [0, 0.05) is 37.7 Å². The Balaban J connectivity index is 1.75. The van der Waals surface area contributed by atoms with Crippen LogP contribution in [0, 0.1) is 5.92 Å². The average molecular weight is 370 g/mol. The molecule has 1 aromatic carbocycles. The van der Waals surface area contributed by atoms with Crippen molar-refractivity contribution >= 4 is 28.9 Å². The summed E-state index contributed by atoms with van der Waals surface area (Å²) in [4.78, 5) is 41.9. The monoisotopic (exact) mass is 370 g/mol. The number of amides is 2. The van der Waals surface area contributed by atoms with Gasteiger partial charge >= 0.3 is 0 Å². The molecule has 1 aliphatic rings. The van der Waals surface area contributed by atoms with Crippen molar-refractivity contribution in [2.75, 3.05) is 26.2 Å². The molecule has 0 aliphatic carbocycles. The maximum absolute atomic E-state index is 13.0. The van der Waals surface area contributed by atoms with E-state index in [1.54, 1.807) is 40.1 Å². The second-order valence-electron chi connectivity index (χ2n) is 6.62. The van der Waals surface area contributed by atoms with Gasteiger partial charge in [-0.15, -0.1) is 11.3 Å². The van der Waals surface area contributed by atoms with E-state index in [9.17, 15) is 14.4 Å². The van der Waals surface area contributed by atoms with Gasteiger partial charge in [0.25, 0.3) is 5.91 Å². The molecule has 1 aliphatic heterocycles. The van der Waals surface area contributed by atoms with E-state index in [0.717, 1.165) is 0 Å². The van der Waals surface area contributed by atoms with Crippen molar-refractivity contribution in [2.24, 2.45) is 5.92 Å². The van der Waals surface area contributed by atoms with Crippen LogP contribution < -0.4 is 0 Å². The van der Waals surface area contributed by atoms with Crippen molar-refractivity contribution in [3.05, 3.63) is 57.8 Å². The van der Waals surface area contributed by atoms with Gasteiger partial charge in [-0.2, -0.15) is 0 Å². The third kappa shape index (κ3) is 3.70. The zero-order valence-corrected chi connectivity index (χ0v) is 15.8. The number of rotatable bonds is 4. The average Bonchev–Trinajstić information content (AvgIpc) is 3.21. The fourth-order valence-electron chi connectivity index (χ4n) is 3.07. The molecule has 6 heteroatoms. The minimum atomic E-state index is -0.151. The molecule has 0 N–H and O–H groups in total. The lowest BCUT2D eigenvalue weighted by Gasteiger charge is -2.35. The molecule has 0 radical (unpaired) electrons. The molecule has 0 unspecified atom stereocenters. The Hall–Kier alpha value is -2.47. The summed E-state index contributed by atoms with van der Waals surface area (Å²) in [5.41, 5.74) is 0.857. The molecule has 3 rings (SSSR count). The number of nitrogens with zero attached hydrogens (tertiary/aromatic N) is 2. The zero-order chi connectivity index (χ0) is 18.7. The largest absolute Gasteiger partial charge is 0.339 e. The summed E-state index contributed by atoms with van der Waals surface area (Å²) in [5, 5.41) is 1.85. The van der Waals surface area contributed by atoms with Gasteiger partial charge < -0.3 is 9.80 Å². The van der Waals surface area contributed by atoms with Crippen LogP contribution in [0.5, 0.6) is 0 Å². The van der Waals surface area contributed by atoms with Crippen LogP contribution in [0.2, 0.25) is 0 Å². The Morgan fingerprint density at radius 2 is 1.50 bits per heavy atom. The van der Waals surface area contributed by atoms with Crippen molar-refractivity contribution in [1.82, 2.24) is 9.80 Å². The minimum Gasteiger partial charge on any atom is -0.339 e. The highest BCUT2D eigenvalue weighted by Gasteiger charge is 2.28. The maximum Gasteiger partial charge on any atom is 0.254 e. The molecule has 2 heterocycles. The van der Waals surface area contributed by atoms with Crippen LogP contribution >= 0.6 is 11.3 Å². The highest BCUT2D eigenvalue weighted by molar-refractivity contribution is 7.12. The predicted molar refractivity (Wildman–Crippen MR) is 102 cm³/mol. The lowest BCUT2D eigenvalue weighted by molar-refractivity contribution is -0.135. The second kappa shape index (κ2) is 7.83. The maximum atomic E-state index is 13.0. The number of carbonyl (C=O) groups is 3. The van der Waals surface area contributed by atoms with Crippen molar-refractivity contribution in [1.29, 1.82) is 0 Å². The molecule has 1 aromatic heterocycles. The van der Waals surface area contributed by atoms with E-state index in [4.69, 9.17) is 0 Å². The molecular weight excluding hydrogens is 348 g/mol. The Morgan fingerprint density at radius 1 is 0.885 bits per heavy atom. The number of ketones is 1. The number of piperazine rings is 1. The van der Waals surface area contributed by atoms with Crippen molar-refractivity contribution < 1.29 is 14.4 Å². The Morgan fingerprint density at radius 3 is 2.08 bits per heavy atom. The molecule has 136 valence electrons. The van der Waals surface area contributed by atoms with E-state index >= 15 is 0 Å². The van der Waals surface area contributed by atoms with Crippen LogP contribution in [0.3, 0.4) is 0 Å². The summed E-state index contributed by atoms with van der Waals surface area (Å²) in [6.07, 6.45) is 0. The number of benzene rings is 1. The SMILES string of the molecule is CC(C)C(=O)N1CCN(C(=O)c2ccccc2C(=O)c2cccs2)CC1. The lowest BCUT2D eigenvalue weighted by Crippen LogP contribution is -2.51. The first kappa shape index (κ1) is 18.3. The van der Waals surface area contributed by atoms with E-state index in [0.29, 0.717) is 42.2 Å². The Bertz CT molecular complexity index is 806. The van der Waals surface area contributed by atoms with Gasteiger partial charge in [-0.3, -0.25) is 14.4 Å². The summed E-state index contributed by atoms with van der Waals surface area (Å²) < 4.78 is 0. The predicted octanol–water partition coefficient (Wildman–Crippen LogP) is 2.92. The molecule has 1 saturated heterocycles. The quantitative estimate of drug-likeness (QED) is 0.778. The highest BCUT2D eigenvalue weighted by Crippen LogP contribution is 2.20. The number of carbonyl (C=O) groups excluding carboxylic acids is 3. The summed E-state index contributed by atoms with van der Waals surface area (Å²) in [5.74, 6) is -0.202. The van der Waals surface area contributed by atoms with Crippen molar-refractivity contribution in [3.8, 4) is 0 Å². The fraction of sp³-hybridized carbons (Fsp3) is 0.350. The van der Waals surface area contributed by atoms with Crippen LogP contribution in [0.4, 0.5) is 0 Å². The van der Waals surface area contributed by atoms with Crippen LogP contribution in [-0.4, -0.2) is 53.6 Å². The Labute approximate surface area is 157 Å². The van der Waals surface area contributed by atoms with Gasteiger partial charge in [-0.05, 0) is 17.5 Å². The molecule has 0 saturated carbocycles. The first-order valence-corrected chi connectivity index (χ1v) is 9.62.